The van der Waals surface area contributed by atoms with Gasteiger partial charge in [0.1, 0.15) is 12.1 Å². The van der Waals surface area contributed by atoms with Crippen molar-refractivity contribution < 1.29 is 4.74 Å². The zero-order valence-electron chi connectivity index (χ0n) is 16.9. The molecule has 1 aliphatic heterocycles. The smallest absolute Gasteiger partial charge is 0.137 e. The van der Waals surface area contributed by atoms with Gasteiger partial charge in [-0.1, -0.05) is 6.07 Å². The minimum absolute atomic E-state index is 0.464. The quantitative estimate of drug-likeness (QED) is 0.736. The standard InChI is InChI=1S/C22H28N6O/c1-27-21(8-9-25-27)16-2-7-20-19(14-16)22(24-15-23-20)26-17-3-5-18(6-4-17)28-10-12-29-13-11-28/h2,7-9,14-15,17-18H,3-6,10-13H2,1H3,(H,23,24,26). The Morgan fingerprint density at radius 3 is 2.62 bits per heavy atom. The Labute approximate surface area is 171 Å². The molecule has 7 heteroatoms. The molecule has 0 unspecified atom stereocenters. The maximum absolute atomic E-state index is 5.50. The summed E-state index contributed by atoms with van der Waals surface area (Å²) >= 11 is 0. The molecule has 0 spiro atoms. The molecule has 152 valence electrons. The number of fused-ring (bicyclic) bond motifs is 1. The molecule has 0 bridgehead atoms. The number of anilines is 1. The largest absolute Gasteiger partial charge is 0.379 e. The molecule has 3 heterocycles. The van der Waals surface area contributed by atoms with E-state index in [1.807, 2.05) is 24.0 Å². The van der Waals surface area contributed by atoms with Crippen molar-refractivity contribution in [2.45, 2.75) is 37.8 Å². The number of benzene rings is 1. The zero-order chi connectivity index (χ0) is 19.6. The van der Waals surface area contributed by atoms with E-state index in [0.717, 1.165) is 54.3 Å². The van der Waals surface area contributed by atoms with E-state index in [2.05, 4.69) is 43.5 Å². The van der Waals surface area contributed by atoms with Crippen LogP contribution in [-0.4, -0.2) is 63.0 Å². The van der Waals surface area contributed by atoms with Gasteiger partial charge in [0.15, 0.2) is 0 Å². The average molecular weight is 393 g/mol. The fourth-order valence-corrected chi connectivity index (χ4v) is 4.71. The molecule has 1 aliphatic carbocycles. The number of aromatic nitrogens is 4. The maximum Gasteiger partial charge on any atom is 0.137 e. The Hall–Kier alpha value is -2.51. The van der Waals surface area contributed by atoms with Crippen molar-refractivity contribution in [1.29, 1.82) is 0 Å². The fraction of sp³-hybridized carbons (Fsp3) is 0.500. The summed E-state index contributed by atoms with van der Waals surface area (Å²) in [5.41, 5.74) is 3.19. The van der Waals surface area contributed by atoms with Crippen LogP contribution >= 0.6 is 0 Å². The highest BCUT2D eigenvalue weighted by Gasteiger charge is 2.27. The minimum Gasteiger partial charge on any atom is -0.379 e. The third-order valence-electron chi connectivity index (χ3n) is 6.35. The van der Waals surface area contributed by atoms with Crippen molar-refractivity contribution in [3.8, 4) is 11.3 Å². The first kappa shape index (κ1) is 18.5. The third kappa shape index (κ3) is 3.84. The lowest BCUT2D eigenvalue weighted by atomic mass is 9.90. The number of nitrogens with one attached hydrogen (secondary N) is 1. The minimum atomic E-state index is 0.464. The van der Waals surface area contributed by atoms with Crippen LogP contribution in [0.1, 0.15) is 25.7 Å². The Morgan fingerprint density at radius 2 is 1.86 bits per heavy atom. The second-order valence-electron chi connectivity index (χ2n) is 8.09. The van der Waals surface area contributed by atoms with E-state index in [0.29, 0.717) is 12.1 Å². The number of morpholine rings is 1. The topological polar surface area (TPSA) is 68.1 Å². The SMILES string of the molecule is Cn1nccc1-c1ccc2ncnc(NC3CCC(N4CCOCC4)CC3)c2c1. The molecular weight excluding hydrogens is 364 g/mol. The lowest BCUT2D eigenvalue weighted by Crippen LogP contribution is -2.46. The number of hydrogen-bond acceptors (Lipinski definition) is 6. The van der Waals surface area contributed by atoms with Crippen molar-refractivity contribution in [1.82, 2.24) is 24.6 Å². The molecule has 29 heavy (non-hydrogen) atoms. The first-order valence-electron chi connectivity index (χ1n) is 10.6. The number of rotatable bonds is 4. The van der Waals surface area contributed by atoms with Gasteiger partial charge in [0.2, 0.25) is 0 Å². The number of aryl methyl sites for hydroxylation is 1. The van der Waals surface area contributed by atoms with Gasteiger partial charge < -0.3 is 10.1 Å². The van der Waals surface area contributed by atoms with Gasteiger partial charge in [0.25, 0.3) is 0 Å². The van der Waals surface area contributed by atoms with Gasteiger partial charge in [-0.2, -0.15) is 5.10 Å². The second-order valence-corrected chi connectivity index (χ2v) is 8.09. The summed E-state index contributed by atoms with van der Waals surface area (Å²) in [4.78, 5) is 11.7. The van der Waals surface area contributed by atoms with Crippen LogP contribution < -0.4 is 5.32 Å². The monoisotopic (exact) mass is 392 g/mol. The average Bonchev–Trinajstić information content (AvgIpc) is 3.21. The van der Waals surface area contributed by atoms with Gasteiger partial charge in [0.05, 0.1) is 24.4 Å². The number of hydrogen-bond donors (Lipinski definition) is 1. The second kappa shape index (κ2) is 8.08. The van der Waals surface area contributed by atoms with Crippen molar-refractivity contribution in [2.75, 3.05) is 31.6 Å². The molecule has 2 aliphatic rings. The van der Waals surface area contributed by atoms with Crippen LogP contribution in [0.2, 0.25) is 0 Å². The highest BCUT2D eigenvalue weighted by molar-refractivity contribution is 5.92. The molecule has 2 aromatic heterocycles. The summed E-state index contributed by atoms with van der Waals surface area (Å²) in [6.07, 6.45) is 8.31. The van der Waals surface area contributed by atoms with Crippen LogP contribution in [-0.2, 0) is 11.8 Å². The van der Waals surface area contributed by atoms with Gasteiger partial charge in [0, 0.05) is 49.4 Å². The number of ether oxygens (including phenoxy) is 1. The molecular formula is C22H28N6O. The molecule has 1 N–H and O–H groups in total. The summed E-state index contributed by atoms with van der Waals surface area (Å²) in [6, 6.07) is 9.55. The van der Waals surface area contributed by atoms with Crippen molar-refractivity contribution in [3.05, 3.63) is 36.8 Å². The van der Waals surface area contributed by atoms with Crippen LogP contribution in [0.5, 0.6) is 0 Å². The summed E-state index contributed by atoms with van der Waals surface area (Å²) in [5, 5.41) is 9.08. The lowest BCUT2D eigenvalue weighted by molar-refractivity contribution is 0.00791. The Kier molecular flexibility index (Phi) is 5.16. The van der Waals surface area contributed by atoms with Gasteiger partial charge in [-0.3, -0.25) is 9.58 Å². The van der Waals surface area contributed by atoms with E-state index in [1.54, 1.807) is 6.33 Å². The first-order valence-corrected chi connectivity index (χ1v) is 10.6. The van der Waals surface area contributed by atoms with Crippen LogP contribution in [0.3, 0.4) is 0 Å². The molecule has 3 aromatic rings. The summed E-state index contributed by atoms with van der Waals surface area (Å²) < 4.78 is 7.40. The first-order chi connectivity index (χ1) is 14.3. The molecule has 1 saturated heterocycles. The van der Waals surface area contributed by atoms with E-state index in [9.17, 15) is 0 Å². The Balaban J connectivity index is 1.32. The fourth-order valence-electron chi connectivity index (χ4n) is 4.71. The molecule has 0 radical (unpaired) electrons. The predicted molar refractivity (Wildman–Crippen MR) is 114 cm³/mol. The maximum atomic E-state index is 5.50. The van der Waals surface area contributed by atoms with E-state index >= 15 is 0 Å². The Bertz CT molecular complexity index is 972. The number of nitrogens with zero attached hydrogens (tertiary/aromatic N) is 5. The molecule has 0 atom stereocenters. The van der Waals surface area contributed by atoms with Gasteiger partial charge >= 0.3 is 0 Å². The molecule has 7 nitrogen and oxygen atoms in total. The highest BCUT2D eigenvalue weighted by atomic mass is 16.5. The molecule has 1 aromatic carbocycles. The van der Waals surface area contributed by atoms with Gasteiger partial charge in [-0.25, -0.2) is 9.97 Å². The summed E-state index contributed by atoms with van der Waals surface area (Å²) in [5.74, 6) is 0.939. The van der Waals surface area contributed by atoms with Crippen molar-refractivity contribution in [3.63, 3.8) is 0 Å². The highest BCUT2D eigenvalue weighted by Crippen LogP contribution is 2.30. The van der Waals surface area contributed by atoms with E-state index in [4.69, 9.17) is 4.74 Å². The third-order valence-corrected chi connectivity index (χ3v) is 6.35. The van der Waals surface area contributed by atoms with E-state index < -0.39 is 0 Å². The van der Waals surface area contributed by atoms with Crippen LogP contribution in [0, 0.1) is 0 Å². The summed E-state index contributed by atoms with van der Waals surface area (Å²) in [6.45, 7) is 3.92. The molecule has 1 saturated carbocycles. The molecule has 2 fully saturated rings. The Morgan fingerprint density at radius 1 is 1.03 bits per heavy atom. The van der Waals surface area contributed by atoms with Crippen molar-refractivity contribution in [2.24, 2.45) is 7.05 Å². The lowest BCUT2D eigenvalue weighted by Gasteiger charge is -2.39. The molecule has 0 amide bonds. The zero-order valence-corrected chi connectivity index (χ0v) is 16.9. The predicted octanol–water partition coefficient (Wildman–Crippen LogP) is 3.09. The van der Waals surface area contributed by atoms with Gasteiger partial charge in [-0.05, 0) is 43.9 Å². The van der Waals surface area contributed by atoms with Crippen molar-refractivity contribution >= 4 is 16.7 Å². The van der Waals surface area contributed by atoms with Gasteiger partial charge in [-0.15, -0.1) is 0 Å². The normalized spacial score (nSPS) is 23.3. The molecule has 5 rings (SSSR count). The van der Waals surface area contributed by atoms with Crippen LogP contribution in [0.25, 0.3) is 22.2 Å². The van der Waals surface area contributed by atoms with Crippen LogP contribution in [0.4, 0.5) is 5.82 Å². The summed E-state index contributed by atoms with van der Waals surface area (Å²) in [7, 11) is 1.97. The van der Waals surface area contributed by atoms with E-state index in [-0.39, 0.29) is 0 Å². The van der Waals surface area contributed by atoms with Crippen LogP contribution in [0.15, 0.2) is 36.8 Å². The van der Waals surface area contributed by atoms with E-state index in [1.165, 1.54) is 25.7 Å².